The summed E-state index contributed by atoms with van der Waals surface area (Å²) < 4.78 is 5.27. The van der Waals surface area contributed by atoms with Crippen molar-refractivity contribution < 1.29 is 14.0 Å². The molecule has 1 aromatic carbocycles. The second kappa shape index (κ2) is 6.13. The van der Waals surface area contributed by atoms with Crippen LogP contribution < -0.4 is 5.63 Å². The van der Waals surface area contributed by atoms with Gasteiger partial charge < -0.3 is 14.2 Å². The van der Waals surface area contributed by atoms with Gasteiger partial charge in [-0.05, 0) is 43.5 Å². The van der Waals surface area contributed by atoms with Crippen LogP contribution in [0.4, 0.5) is 0 Å². The minimum absolute atomic E-state index is 0.0200. The summed E-state index contributed by atoms with van der Waals surface area (Å²) >= 11 is 5.99. The molecule has 0 radical (unpaired) electrons. The van der Waals surface area contributed by atoms with E-state index in [1.165, 1.54) is 6.07 Å². The molecule has 7 heteroatoms. The van der Waals surface area contributed by atoms with Gasteiger partial charge in [0, 0.05) is 37.1 Å². The molecule has 2 aliphatic rings. The first-order valence-electron chi connectivity index (χ1n) is 8.68. The van der Waals surface area contributed by atoms with Gasteiger partial charge in [0.25, 0.3) is 5.91 Å². The number of hydrogen-bond acceptors (Lipinski definition) is 4. The van der Waals surface area contributed by atoms with E-state index in [-0.39, 0.29) is 11.5 Å². The maximum Gasteiger partial charge on any atom is 0.349 e. The van der Waals surface area contributed by atoms with Crippen molar-refractivity contribution in [1.82, 2.24) is 9.80 Å². The third-order valence-corrected chi connectivity index (χ3v) is 5.75. The number of benzene rings is 1. The molecule has 136 valence electrons. The first-order valence-corrected chi connectivity index (χ1v) is 9.06. The van der Waals surface area contributed by atoms with Gasteiger partial charge in [-0.2, -0.15) is 0 Å². The lowest BCUT2D eigenvalue weighted by molar-refractivity contribution is -0.143. The Kier molecular flexibility index (Phi) is 4.03. The normalized spacial score (nSPS) is 23.2. The van der Waals surface area contributed by atoms with Gasteiger partial charge in [-0.3, -0.25) is 9.59 Å². The summed E-state index contributed by atoms with van der Waals surface area (Å²) in [5.74, 6) is -0.296. The summed E-state index contributed by atoms with van der Waals surface area (Å²) in [7, 11) is 1.80. The largest absolute Gasteiger partial charge is 0.422 e. The fourth-order valence-corrected chi connectivity index (χ4v) is 4.29. The molecule has 0 saturated carbocycles. The Labute approximate surface area is 155 Å². The molecule has 6 nitrogen and oxygen atoms in total. The van der Waals surface area contributed by atoms with Crippen LogP contribution in [0.25, 0.3) is 11.0 Å². The van der Waals surface area contributed by atoms with E-state index in [0.717, 1.165) is 19.4 Å². The van der Waals surface area contributed by atoms with Gasteiger partial charge in [-0.1, -0.05) is 11.6 Å². The van der Waals surface area contributed by atoms with Crippen LogP contribution in [0, 0.1) is 5.41 Å². The van der Waals surface area contributed by atoms with E-state index in [1.807, 2.05) is 0 Å². The molecule has 0 aliphatic carbocycles. The van der Waals surface area contributed by atoms with Crippen LogP contribution in [-0.4, -0.2) is 48.3 Å². The Morgan fingerprint density at radius 3 is 2.81 bits per heavy atom. The van der Waals surface area contributed by atoms with Gasteiger partial charge in [-0.15, -0.1) is 0 Å². The average molecular weight is 375 g/mol. The van der Waals surface area contributed by atoms with Crippen molar-refractivity contribution >= 4 is 34.4 Å². The highest BCUT2D eigenvalue weighted by Crippen LogP contribution is 2.40. The molecule has 2 aromatic rings. The van der Waals surface area contributed by atoms with E-state index in [1.54, 1.807) is 35.0 Å². The number of hydrogen-bond donors (Lipinski definition) is 0. The number of piperidine rings is 1. The van der Waals surface area contributed by atoms with E-state index in [0.29, 0.717) is 35.5 Å². The Bertz CT molecular complexity index is 970. The molecule has 26 heavy (non-hydrogen) atoms. The summed E-state index contributed by atoms with van der Waals surface area (Å²) in [5.41, 5.74) is -0.813. The summed E-state index contributed by atoms with van der Waals surface area (Å²) in [6.45, 7) is 1.57. The van der Waals surface area contributed by atoms with Crippen LogP contribution in [0.1, 0.15) is 29.6 Å². The third kappa shape index (κ3) is 2.69. The Morgan fingerprint density at radius 2 is 2.00 bits per heavy atom. The predicted molar refractivity (Wildman–Crippen MR) is 97.3 cm³/mol. The zero-order chi connectivity index (χ0) is 18.5. The molecule has 2 aliphatic heterocycles. The molecular formula is C19H19ClN2O4. The molecule has 2 amide bonds. The van der Waals surface area contributed by atoms with Gasteiger partial charge in [0.05, 0.1) is 5.41 Å². The number of amides is 2. The number of likely N-dealkylation sites (tertiary alicyclic amines) is 2. The molecular weight excluding hydrogens is 356 g/mol. The standard InChI is InChI=1S/C19H19ClN2O4/c1-21-7-2-5-19(18(21)25)6-8-22(11-19)16(23)14-10-12-9-13(20)3-4-15(12)26-17(14)24/h3-4,9-10H,2,5-8,11H2,1H3/t19-/m1/s1. The molecule has 2 fully saturated rings. The zero-order valence-electron chi connectivity index (χ0n) is 14.5. The highest BCUT2D eigenvalue weighted by Gasteiger charge is 2.48. The number of nitrogens with zero attached hydrogens (tertiary/aromatic N) is 2. The highest BCUT2D eigenvalue weighted by atomic mass is 35.5. The van der Waals surface area contributed by atoms with Crippen molar-refractivity contribution in [2.24, 2.45) is 5.41 Å². The topological polar surface area (TPSA) is 70.8 Å². The summed E-state index contributed by atoms with van der Waals surface area (Å²) in [5, 5.41) is 1.10. The lowest BCUT2D eigenvalue weighted by Gasteiger charge is -2.37. The van der Waals surface area contributed by atoms with Gasteiger partial charge in [-0.25, -0.2) is 4.79 Å². The van der Waals surface area contributed by atoms with Gasteiger partial charge in [0.1, 0.15) is 11.1 Å². The molecule has 4 rings (SSSR count). The summed E-state index contributed by atoms with van der Waals surface area (Å²) in [6, 6.07) is 6.41. The first kappa shape index (κ1) is 17.1. The zero-order valence-corrected chi connectivity index (χ0v) is 15.2. The molecule has 1 spiro atoms. The predicted octanol–water partition coefficient (Wildman–Crippen LogP) is 2.53. The fourth-order valence-electron chi connectivity index (χ4n) is 4.11. The number of carbonyl (C=O) groups excluding carboxylic acids is 2. The lowest BCUT2D eigenvalue weighted by atomic mass is 9.78. The van der Waals surface area contributed by atoms with Crippen molar-refractivity contribution in [3.8, 4) is 0 Å². The number of rotatable bonds is 1. The van der Waals surface area contributed by atoms with Crippen LogP contribution in [-0.2, 0) is 4.79 Å². The van der Waals surface area contributed by atoms with Crippen molar-refractivity contribution in [2.45, 2.75) is 19.3 Å². The van der Waals surface area contributed by atoms with Crippen LogP contribution in [0.3, 0.4) is 0 Å². The van der Waals surface area contributed by atoms with E-state index < -0.39 is 16.9 Å². The van der Waals surface area contributed by atoms with Gasteiger partial charge >= 0.3 is 5.63 Å². The van der Waals surface area contributed by atoms with E-state index in [2.05, 4.69) is 0 Å². The summed E-state index contributed by atoms with van der Waals surface area (Å²) in [6.07, 6.45) is 2.34. The molecule has 1 aromatic heterocycles. The molecule has 0 N–H and O–H groups in total. The minimum Gasteiger partial charge on any atom is -0.422 e. The van der Waals surface area contributed by atoms with Gasteiger partial charge in [0.2, 0.25) is 5.91 Å². The monoisotopic (exact) mass is 374 g/mol. The molecule has 3 heterocycles. The van der Waals surface area contributed by atoms with Crippen molar-refractivity contribution in [3.05, 3.63) is 45.3 Å². The summed E-state index contributed by atoms with van der Waals surface area (Å²) in [4.78, 5) is 41.2. The molecule has 1 atom stereocenters. The molecule has 0 bridgehead atoms. The molecule has 0 unspecified atom stereocenters. The van der Waals surface area contributed by atoms with Gasteiger partial charge in [0.15, 0.2) is 0 Å². The Balaban J connectivity index is 1.64. The fraction of sp³-hybridized carbons (Fsp3) is 0.421. The SMILES string of the molecule is CN1CCC[C@]2(CCN(C(=O)c3cc4cc(Cl)ccc4oc3=O)C2)C1=O. The van der Waals surface area contributed by atoms with Crippen LogP contribution in [0.2, 0.25) is 5.02 Å². The smallest absolute Gasteiger partial charge is 0.349 e. The number of carbonyl (C=O) groups is 2. The Hall–Kier alpha value is -2.34. The second-order valence-electron chi connectivity index (χ2n) is 7.22. The quantitative estimate of drug-likeness (QED) is 0.719. The minimum atomic E-state index is -0.669. The highest BCUT2D eigenvalue weighted by molar-refractivity contribution is 6.31. The second-order valence-corrected chi connectivity index (χ2v) is 7.65. The van der Waals surface area contributed by atoms with E-state index >= 15 is 0 Å². The van der Waals surface area contributed by atoms with Crippen LogP contribution in [0.5, 0.6) is 0 Å². The lowest BCUT2D eigenvalue weighted by Crippen LogP contribution is -2.48. The average Bonchev–Trinajstić information content (AvgIpc) is 3.04. The van der Waals surface area contributed by atoms with Crippen molar-refractivity contribution in [1.29, 1.82) is 0 Å². The van der Waals surface area contributed by atoms with Crippen LogP contribution in [0.15, 0.2) is 33.5 Å². The first-order chi connectivity index (χ1) is 12.4. The third-order valence-electron chi connectivity index (χ3n) is 5.51. The van der Waals surface area contributed by atoms with E-state index in [4.69, 9.17) is 16.0 Å². The molecule has 2 saturated heterocycles. The number of halogens is 1. The van der Waals surface area contributed by atoms with Crippen LogP contribution >= 0.6 is 11.6 Å². The maximum atomic E-state index is 12.9. The maximum absolute atomic E-state index is 12.9. The van der Waals surface area contributed by atoms with Crippen molar-refractivity contribution in [2.75, 3.05) is 26.7 Å². The van der Waals surface area contributed by atoms with E-state index in [9.17, 15) is 14.4 Å². The van der Waals surface area contributed by atoms with Crippen molar-refractivity contribution in [3.63, 3.8) is 0 Å². The number of fused-ring (bicyclic) bond motifs is 1. The Morgan fingerprint density at radius 1 is 1.19 bits per heavy atom.